The molecule has 0 bridgehead atoms. The fraction of sp³-hybridized carbons (Fsp3) is 0.179. The zero-order valence-electron chi connectivity index (χ0n) is 20.5. The summed E-state index contributed by atoms with van der Waals surface area (Å²) in [5.74, 6) is 0.597. The number of fused-ring (bicyclic) bond motifs is 1. The maximum absolute atomic E-state index is 7.34. The number of guanidine groups is 1. The number of aromatic nitrogens is 2. The molecule has 2 atom stereocenters. The van der Waals surface area contributed by atoms with Crippen LogP contribution in [0.3, 0.4) is 0 Å². The van der Waals surface area contributed by atoms with Gasteiger partial charge in [0.2, 0.25) is 5.96 Å². The third-order valence-electron chi connectivity index (χ3n) is 6.78. The molecule has 0 amide bonds. The molecule has 8 heteroatoms. The van der Waals surface area contributed by atoms with Gasteiger partial charge in [-0.1, -0.05) is 59.6 Å². The van der Waals surface area contributed by atoms with Crippen LogP contribution in [0.2, 0.25) is 5.02 Å². The fourth-order valence-corrected chi connectivity index (χ4v) is 5.04. The number of imidazole rings is 1. The summed E-state index contributed by atoms with van der Waals surface area (Å²) < 4.78 is 1.97. The Bertz CT molecular complexity index is 1460. The molecule has 4 aromatic rings. The van der Waals surface area contributed by atoms with Crippen LogP contribution in [0, 0.1) is 6.92 Å². The molecule has 3 N–H and O–H groups in total. The SMILES string of the molecule is C=NNC1=NC(c2cccc(Cl)c2)c2cc(C(N)(c3ccc(C)cc3)c3cncn3C)ccc2N1C. The minimum Gasteiger partial charge on any atom is -0.336 e. The molecule has 7 nitrogen and oxygen atoms in total. The summed E-state index contributed by atoms with van der Waals surface area (Å²) in [5, 5.41) is 4.50. The number of benzene rings is 3. The van der Waals surface area contributed by atoms with Crippen molar-refractivity contribution in [1.82, 2.24) is 15.0 Å². The molecular weight excluding hydrogens is 470 g/mol. The highest BCUT2D eigenvalue weighted by molar-refractivity contribution is 6.30. The lowest BCUT2D eigenvalue weighted by Crippen LogP contribution is -2.42. The van der Waals surface area contributed by atoms with Gasteiger partial charge in [0.15, 0.2) is 0 Å². The molecule has 1 aliphatic rings. The number of hydrogen-bond acceptors (Lipinski definition) is 6. The van der Waals surface area contributed by atoms with Crippen molar-refractivity contribution in [2.45, 2.75) is 18.5 Å². The normalized spacial score (nSPS) is 16.6. The third-order valence-corrected chi connectivity index (χ3v) is 7.01. The highest BCUT2D eigenvalue weighted by Gasteiger charge is 2.37. The molecule has 5 rings (SSSR count). The maximum Gasteiger partial charge on any atom is 0.220 e. The number of rotatable bonds is 5. The summed E-state index contributed by atoms with van der Waals surface area (Å²) >= 11 is 6.37. The molecule has 2 unspecified atom stereocenters. The van der Waals surface area contributed by atoms with E-state index in [9.17, 15) is 0 Å². The second-order valence-corrected chi connectivity index (χ2v) is 9.51. The van der Waals surface area contributed by atoms with Crippen molar-refractivity contribution in [3.63, 3.8) is 0 Å². The first kappa shape index (κ1) is 23.8. The summed E-state index contributed by atoms with van der Waals surface area (Å²) in [4.78, 5) is 11.3. The van der Waals surface area contributed by atoms with Gasteiger partial charge in [-0.3, -0.25) is 0 Å². The zero-order valence-corrected chi connectivity index (χ0v) is 21.2. The van der Waals surface area contributed by atoms with Gasteiger partial charge in [-0.2, -0.15) is 5.10 Å². The lowest BCUT2D eigenvalue weighted by molar-refractivity contribution is 0.594. The van der Waals surface area contributed by atoms with E-state index >= 15 is 0 Å². The van der Waals surface area contributed by atoms with E-state index in [1.165, 1.54) is 5.56 Å². The molecule has 3 aromatic carbocycles. The van der Waals surface area contributed by atoms with Gasteiger partial charge in [-0.15, -0.1) is 0 Å². The van der Waals surface area contributed by atoms with E-state index in [1.54, 1.807) is 6.33 Å². The number of nitrogens with two attached hydrogens (primary N) is 1. The van der Waals surface area contributed by atoms with Crippen LogP contribution in [0.5, 0.6) is 0 Å². The average molecular weight is 498 g/mol. The van der Waals surface area contributed by atoms with Gasteiger partial charge in [0.25, 0.3) is 0 Å². The van der Waals surface area contributed by atoms with E-state index in [2.05, 4.69) is 71.6 Å². The average Bonchev–Trinajstić information content (AvgIpc) is 3.32. The molecule has 36 heavy (non-hydrogen) atoms. The van der Waals surface area contributed by atoms with Gasteiger partial charge < -0.3 is 15.2 Å². The van der Waals surface area contributed by atoms with Crippen LogP contribution >= 0.6 is 11.6 Å². The Morgan fingerprint density at radius 2 is 1.81 bits per heavy atom. The van der Waals surface area contributed by atoms with Crippen molar-refractivity contribution < 1.29 is 0 Å². The summed E-state index contributed by atoms with van der Waals surface area (Å²) in [5.41, 5.74) is 16.3. The van der Waals surface area contributed by atoms with E-state index in [1.807, 2.05) is 54.0 Å². The van der Waals surface area contributed by atoms with Crippen LogP contribution < -0.4 is 16.1 Å². The molecule has 0 spiro atoms. The predicted molar refractivity (Wildman–Crippen MR) is 147 cm³/mol. The van der Waals surface area contributed by atoms with E-state index < -0.39 is 5.54 Å². The fourth-order valence-electron chi connectivity index (χ4n) is 4.84. The topological polar surface area (TPSA) is 83.8 Å². The number of anilines is 1. The largest absolute Gasteiger partial charge is 0.336 e. The Hall–Kier alpha value is -3.94. The second kappa shape index (κ2) is 9.26. The molecule has 182 valence electrons. The van der Waals surface area contributed by atoms with Crippen molar-refractivity contribution in [3.05, 3.63) is 118 Å². The third kappa shape index (κ3) is 3.96. The monoisotopic (exact) mass is 497 g/mol. The second-order valence-electron chi connectivity index (χ2n) is 9.08. The minimum absolute atomic E-state index is 0.312. The van der Waals surface area contributed by atoms with Gasteiger partial charge in [-0.05, 0) is 47.9 Å². The predicted octanol–water partition coefficient (Wildman–Crippen LogP) is 4.73. The van der Waals surface area contributed by atoms with E-state index in [4.69, 9.17) is 22.3 Å². The summed E-state index contributed by atoms with van der Waals surface area (Å²) in [7, 11) is 3.91. The molecule has 0 saturated carbocycles. The quantitative estimate of drug-likeness (QED) is 0.308. The van der Waals surface area contributed by atoms with Gasteiger partial charge in [0.1, 0.15) is 11.6 Å². The zero-order chi connectivity index (χ0) is 25.4. The van der Waals surface area contributed by atoms with Crippen LogP contribution in [0.15, 0.2) is 89.3 Å². The first-order valence-electron chi connectivity index (χ1n) is 11.6. The standard InChI is InChI=1S/C28H28ClN7/c1-18-8-10-20(11-9-18)28(30,25-16-32-17-35(25)3)21-12-13-24-23(15-21)26(19-6-5-7-22(29)14-19)33-27(34-31-2)36(24)4/h5-17,26H,2,30H2,1,3-4H3,(H,33,34). The maximum atomic E-state index is 7.34. The first-order valence-corrected chi connectivity index (χ1v) is 12.0. The van der Waals surface area contributed by atoms with Crippen molar-refractivity contribution in [2.24, 2.45) is 22.9 Å². The number of hydrazone groups is 1. The molecular formula is C28H28ClN7. The van der Waals surface area contributed by atoms with Crippen LogP contribution in [0.25, 0.3) is 0 Å². The van der Waals surface area contributed by atoms with Crippen LogP contribution in [0.4, 0.5) is 5.69 Å². The molecule has 2 heterocycles. The number of hydrogen-bond donors (Lipinski definition) is 2. The Balaban J connectivity index is 1.74. The molecule has 1 aliphatic heterocycles. The van der Waals surface area contributed by atoms with Crippen molar-refractivity contribution in [1.29, 1.82) is 0 Å². The number of halogens is 1. The Morgan fingerprint density at radius 3 is 2.47 bits per heavy atom. The van der Waals surface area contributed by atoms with Gasteiger partial charge in [-0.25, -0.2) is 15.4 Å². The Labute approximate surface area is 216 Å². The molecule has 0 aliphatic carbocycles. The summed E-state index contributed by atoms with van der Waals surface area (Å²) in [6.45, 7) is 5.63. The van der Waals surface area contributed by atoms with E-state index in [0.717, 1.165) is 33.6 Å². The minimum atomic E-state index is -0.934. The van der Waals surface area contributed by atoms with Crippen molar-refractivity contribution in [2.75, 3.05) is 11.9 Å². The van der Waals surface area contributed by atoms with E-state index in [0.29, 0.717) is 11.0 Å². The van der Waals surface area contributed by atoms with Gasteiger partial charge in [0.05, 0.1) is 18.2 Å². The van der Waals surface area contributed by atoms with Gasteiger partial charge in [0, 0.05) is 37.1 Å². The Kier molecular flexibility index (Phi) is 6.12. The first-order chi connectivity index (χ1) is 17.3. The van der Waals surface area contributed by atoms with Crippen LogP contribution in [-0.4, -0.2) is 29.3 Å². The van der Waals surface area contributed by atoms with Crippen molar-refractivity contribution >= 4 is 30.0 Å². The highest BCUT2D eigenvalue weighted by Crippen LogP contribution is 2.42. The molecule has 1 aromatic heterocycles. The molecule has 0 radical (unpaired) electrons. The number of aryl methyl sites for hydroxylation is 2. The lowest BCUT2D eigenvalue weighted by Gasteiger charge is -2.35. The number of aliphatic imine (C=N–C) groups is 1. The van der Waals surface area contributed by atoms with Crippen LogP contribution in [0.1, 0.15) is 39.6 Å². The van der Waals surface area contributed by atoms with Crippen molar-refractivity contribution in [3.8, 4) is 0 Å². The summed E-state index contributed by atoms with van der Waals surface area (Å²) in [6, 6.07) is 22.1. The van der Waals surface area contributed by atoms with E-state index in [-0.39, 0.29) is 6.04 Å². The molecule has 0 fully saturated rings. The number of nitrogens with zero attached hydrogens (tertiary/aromatic N) is 5. The summed E-state index contributed by atoms with van der Waals surface area (Å²) in [6.07, 6.45) is 3.60. The lowest BCUT2D eigenvalue weighted by atomic mass is 9.79. The van der Waals surface area contributed by atoms with Crippen LogP contribution in [-0.2, 0) is 12.6 Å². The molecule has 0 saturated heterocycles. The van der Waals surface area contributed by atoms with Gasteiger partial charge >= 0.3 is 0 Å². The Morgan fingerprint density at radius 1 is 1.06 bits per heavy atom. The number of nitrogens with one attached hydrogen (secondary N) is 1. The smallest absolute Gasteiger partial charge is 0.220 e. The highest BCUT2D eigenvalue weighted by atomic mass is 35.5.